The van der Waals surface area contributed by atoms with Gasteiger partial charge in [-0.1, -0.05) is 41.1 Å². The maximum absolute atomic E-state index is 13.4. The van der Waals surface area contributed by atoms with E-state index in [1.54, 1.807) is 44.2 Å². The maximum atomic E-state index is 13.4. The minimum atomic E-state index is -0.727. The van der Waals surface area contributed by atoms with Crippen molar-refractivity contribution in [2.24, 2.45) is 4.99 Å². The van der Waals surface area contributed by atoms with Crippen LogP contribution in [0.5, 0.6) is 0 Å². The number of aromatic nitrogens is 1. The van der Waals surface area contributed by atoms with Crippen LogP contribution in [0, 0.1) is 6.92 Å². The van der Waals surface area contributed by atoms with Crippen molar-refractivity contribution in [3.05, 3.63) is 89.5 Å². The molecule has 1 aliphatic heterocycles. The first-order valence-corrected chi connectivity index (χ1v) is 10.6. The monoisotopic (exact) mass is 442 g/mol. The standard InChI is InChI=1S/C22H19ClN2O4S/c1-4-28-21(27)18-13(3)24-22-25(19(18)15-7-5-6-8-16(15)23)20(26)17(30-22)11-14-10-9-12(2)29-14/h5-11,19H,4H2,1-3H3/b17-11-. The highest BCUT2D eigenvalue weighted by Crippen LogP contribution is 2.34. The molecule has 0 N–H and O–H groups in total. The quantitative estimate of drug-likeness (QED) is 0.581. The van der Waals surface area contributed by atoms with Crippen molar-refractivity contribution < 1.29 is 13.9 Å². The zero-order valence-electron chi connectivity index (χ0n) is 16.6. The summed E-state index contributed by atoms with van der Waals surface area (Å²) in [6, 6.07) is 10.1. The molecule has 3 aromatic rings. The fraction of sp³-hybridized carbons (Fsp3) is 0.227. The van der Waals surface area contributed by atoms with Crippen molar-refractivity contribution in [1.82, 2.24) is 4.57 Å². The van der Waals surface area contributed by atoms with Crippen molar-refractivity contribution in [3.63, 3.8) is 0 Å². The summed E-state index contributed by atoms with van der Waals surface area (Å²) in [5.74, 6) is 0.816. The van der Waals surface area contributed by atoms with Gasteiger partial charge in [0.1, 0.15) is 17.6 Å². The molecule has 1 unspecified atom stereocenters. The molecule has 0 bridgehead atoms. The third kappa shape index (κ3) is 3.55. The second kappa shape index (κ2) is 8.08. The molecule has 2 aromatic heterocycles. The summed E-state index contributed by atoms with van der Waals surface area (Å²) in [5.41, 5.74) is 1.17. The van der Waals surface area contributed by atoms with E-state index in [-0.39, 0.29) is 12.2 Å². The maximum Gasteiger partial charge on any atom is 0.338 e. The van der Waals surface area contributed by atoms with Crippen LogP contribution in [0.15, 0.2) is 61.9 Å². The van der Waals surface area contributed by atoms with E-state index in [4.69, 9.17) is 20.8 Å². The van der Waals surface area contributed by atoms with E-state index in [2.05, 4.69) is 4.99 Å². The number of ether oxygens (including phenoxy) is 1. The normalized spacial score (nSPS) is 16.4. The Hall–Kier alpha value is -2.90. The lowest BCUT2D eigenvalue weighted by molar-refractivity contribution is -0.139. The van der Waals surface area contributed by atoms with Crippen LogP contribution < -0.4 is 14.9 Å². The Morgan fingerprint density at radius 3 is 2.73 bits per heavy atom. The zero-order chi connectivity index (χ0) is 21.4. The van der Waals surface area contributed by atoms with Gasteiger partial charge in [0.25, 0.3) is 5.56 Å². The Bertz CT molecular complexity index is 1350. The average Bonchev–Trinajstić information content (AvgIpc) is 3.24. The van der Waals surface area contributed by atoms with Gasteiger partial charge in [0, 0.05) is 11.1 Å². The molecule has 0 saturated heterocycles. The summed E-state index contributed by atoms with van der Waals surface area (Å²) >= 11 is 7.71. The van der Waals surface area contributed by atoms with Gasteiger partial charge in [-0.2, -0.15) is 0 Å². The summed E-state index contributed by atoms with van der Waals surface area (Å²) in [4.78, 5) is 31.2. The highest BCUT2D eigenvalue weighted by molar-refractivity contribution is 7.07. The van der Waals surface area contributed by atoms with Gasteiger partial charge in [-0.25, -0.2) is 9.79 Å². The number of carbonyl (C=O) groups excluding carboxylic acids is 1. The Labute approximate surface area is 181 Å². The van der Waals surface area contributed by atoms with Crippen molar-refractivity contribution >= 4 is 35.0 Å². The molecule has 1 aromatic carbocycles. The lowest BCUT2D eigenvalue weighted by Gasteiger charge is -2.25. The number of furan rings is 1. The Morgan fingerprint density at radius 1 is 1.30 bits per heavy atom. The number of hydrogen-bond donors (Lipinski definition) is 0. The molecule has 0 fully saturated rings. The van der Waals surface area contributed by atoms with Crippen LogP contribution in [-0.2, 0) is 9.53 Å². The van der Waals surface area contributed by atoms with Gasteiger partial charge < -0.3 is 9.15 Å². The first-order valence-electron chi connectivity index (χ1n) is 9.41. The van der Waals surface area contributed by atoms with Crippen LogP contribution in [0.4, 0.5) is 0 Å². The number of rotatable bonds is 4. The summed E-state index contributed by atoms with van der Waals surface area (Å²) in [7, 11) is 0. The molecule has 154 valence electrons. The number of halogens is 1. The van der Waals surface area contributed by atoms with Crippen LogP contribution in [-0.4, -0.2) is 17.1 Å². The molecule has 0 radical (unpaired) electrons. The van der Waals surface area contributed by atoms with Gasteiger partial charge in [0.05, 0.1) is 22.4 Å². The fourth-order valence-corrected chi connectivity index (χ4v) is 4.71. The second-order valence-electron chi connectivity index (χ2n) is 6.77. The average molecular weight is 443 g/mol. The molecule has 1 atom stereocenters. The predicted octanol–water partition coefficient (Wildman–Crippen LogP) is 3.35. The van der Waals surface area contributed by atoms with Gasteiger partial charge in [-0.15, -0.1) is 0 Å². The smallest absolute Gasteiger partial charge is 0.338 e. The number of fused-ring (bicyclic) bond motifs is 1. The zero-order valence-corrected chi connectivity index (χ0v) is 18.2. The van der Waals surface area contributed by atoms with Crippen LogP contribution in [0.25, 0.3) is 6.08 Å². The van der Waals surface area contributed by atoms with Crippen LogP contribution in [0.3, 0.4) is 0 Å². The first-order chi connectivity index (χ1) is 14.4. The van der Waals surface area contributed by atoms with E-state index in [0.717, 1.165) is 5.76 Å². The van der Waals surface area contributed by atoms with Crippen molar-refractivity contribution in [3.8, 4) is 0 Å². The highest BCUT2D eigenvalue weighted by atomic mass is 35.5. The molecule has 0 amide bonds. The van der Waals surface area contributed by atoms with E-state index >= 15 is 0 Å². The van der Waals surface area contributed by atoms with Crippen molar-refractivity contribution in [2.75, 3.05) is 6.61 Å². The summed E-state index contributed by atoms with van der Waals surface area (Å²) in [6.45, 7) is 5.53. The first kappa shape index (κ1) is 20.4. The SMILES string of the molecule is CCOC(=O)C1=C(C)N=c2s/c(=C\c3ccc(C)o3)c(=O)n2C1c1ccccc1Cl. The predicted molar refractivity (Wildman–Crippen MR) is 115 cm³/mol. The minimum absolute atomic E-state index is 0.215. The van der Waals surface area contributed by atoms with Gasteiger partial charge in [0.15, 0.2) is 4.80 Å². The lowest BCUT2D eigenvalue weighted by atomic mass is 9.96. The fourth-order valence-electron chi connectivity index (χ4n) is 3.44. The van der Waals surface area contributed by atoms with Crippen LogP contribution in [0.2, 0.25) is 5.02 Å². The number of benzene rings is 1. The van der Waals surface area contributed by atoms with Crippen molar-refractivity contribution in [2.45, 2.75) is 26.8 Å². The van der Waals surface area contributed by atoms with E-state index in [9.17, 15) is 9.59 Å². The van der Waals surface area contributed by atoms with E-state index < -0.39 is 12.0 Å². The largest absolute Gasteiger partial charge is 0.463 e. The van der Waals surface area contributed by atoms with E-state index in [1.165, 1.54) is 15.9 Å². The summed E-state index contributed by atoms with van der Waals surface area (Å²) < 4.78 is 12.8. The lowest BCUT2D eigenvalue weighted by Crippen LogP contribution is -2.40. The number of esters is 1. The summed E-state index contributed by atoms with van der Waals surface area (Å²) in [5, 5.41) is 0.454. The number of nitrogens with zero attached hydrogens (tertiary/aromatic N) is 2. The molecule has 0 aliphatic carbocycles. The number of allylic oxidation sites excluding steroid dienone is 1. The Balaban J connectivity index is 1.99. The van der Waals surface area contributed by atoms with Crippen LogP contribution in [0.1, 0.15) is 37.0 Å². The van der Waals surface area contributed by atoms with Gasteiger partial charge in [0.2, 0.25) is 0 Å². The molecule has 3 heterocycles. The number of aryl methyl sites for hydroxylation is 1. The van der Waals surface area contributed by atoms with Gasteiger partial charge >= 0.3 is 5.97 Å². The molecule has 0 spiro atoms. The third-order valence-electron chi connectivity index (χ3n) is 4.75. The highest BCUT2D eigenvalue weighted by Gasteiger charge is 2.34. The molecule has 8 heteroatoms. The third-order valence-corrected chi connectivity index (χ3v) is 6.08. The van der Waals surface area contributed by atoms with Gasteiger partial charge in [-0.05, 0) is 44.5 Å². The summed E-state index contributed by atoms with van der Waals surface area (Å²) in [6.07, 6.45) is 1.68. The number of carbonyl (C=O) groups is 1. The van der Waals surface area contributed by atoms with E-state index in [1.807, 2.05) is 19.1 Å². The molecule has 1 aliphatic rings. The molecule has 0 saturated carbocycles. The molecule has 30 heavy (non-hydrogen) atoms. The van der Waals surface area contributed by atoms with Crippen molar-refractivity contribution in [1.29, 1.82) is 0 Å². The molecular formula is C22H19ClN2O4S. The Kier molecular flexibility index (Phi) is 5.49. The molecular weight excluding hydrogens is 424 g/mol. The molecule has 4 rings (SSSR count). The topological polar surface area (TPSA) is 73.8 Å². The van der Waals surface area contributed by atoms with E-state index in [0.29, 0.717) is 37.0 Å². The minimum Gasteiger partial charge on any atom is -0.463 e. The second-order valence-corrected chi connectivity index (χ2v) is 8.19. The van der Waals surface area contributed by atoms with Crippen LogP contribution >= 0.6 is 22.9 Å². The Morgan fingerprint density at radius 2 is 2.07 bits per heavy atom. The number of thiazole rings is 1. The molecule has 6 nitrogen and oxygen atoms in total. The number of hydrogen-bond acceptors (Lipinski definition) is 6. The van der Waals surface area contributed by atoms with Gasteiger partial charge in [-0.3, -0.25) is 9.36 Å².